The number of benzene rings is 2. The van der Waals surface area contributed by atoms with Gasteiger partial charge in [-0.05, 0) is 48.9 Å². The lowest BCUT2D eigenvalue weighted by Crippen LogP contribution is -2.03. The molecule has 23 heavy (non-hydrogen) atoms. The smallest absolute Gasteiger partial charge is 0.249 e. The summed E-state index contributed by atoms with van der Waals surface area (Å²) in [6, 6.07) is 13.3. The van der Waals surface area contributed by atoms with Crippen molar-refractivity contribution in [1.29, 1.82) is 0 Å². The van der Waals surface area contributed by atoms with E-state index in [1.165, 1.54) is 0 Å². The van der Waals surface area contributed by atoms with E-state index in [2.05, 4.69) is 41.7 Å². The maximum atomic E-state index is 5.97. The van der Waals surface area contributed by atoms with E-state index >= 15 is 0 Å². The van der Waals surface area contributed by atoms with Crippen LogP contribution in [0, 0.1) is 6.92 Å². The number of nitrogens with zero attached hydrogens (tertiary/aromatic N) is 3. The molecule has 0 saturated carbocycles. The maximum absolute atomic E-state index is 5.97. The zero-order chi connectivity index (χ0) is 16.2. The first-order valence-corrected chi connectivity index (χ1v) is 8.03. The minimum Gasteiger partial charge on any atom is -0.339 e. The van der Waals surface area contributed by atoms with E-state index in [1.807, 2.05) is 37.3 Å². The van der Waals surface area contributed by atoms with Crippen LogP contribution >= 0.6 is 27.5 Å². The van der Waals surface area contributed by atoms with E-state index in [0.29, 0.717) is 16.8 Å². The number of aromatic nitrogens is 3. The van der Waals surface area contributed by atoms with Gasteiger partial charge in [-0.15, -0.1) is 5.10 Å². The summed E-state index contributed by atoms with van der Waals surface area (Å²) in [5.74, 6) is 1.00. The van der Waals surface area contributed by atoms with Gasteiger partial charge in [-0.25, -0.2) is 0 Å². The standard InChI is InChI=1S/C16H13BrClN5/c1-10-7-11(17)5-6-14(10)21-15-9-19-23-16(22-15)20-13-4-2-3-12(18)8-13/h2-9H,1H3,(H2,20,21,22,23). The molecule has 2 N–H and O–H groups in total. The van der Waals surface area contributed by atoms with Crippen molar-refractivity contribution < 1.29 is 0 Å². The second kappa shape index (κ2) is 6.93. The van der Waals surface area contributed by atoms with E-state index < -0.39 is 0 Å². The molecule has 3 aromatic rings. The summed E-state index contributed by atoms with van der Waals surface area (Å²) >= 11 is 9.42. The van der Waals surface area contributed by atoms with Gasteiger partial charge < -0.3 is 10.6 Å². The summed E-state index contributed by atoms with van der Waals surface area (Å²) in [7, 11) is 0. The minimum atomic E-state index is 0.395. The van der Waals surface area contributed by atoms with Crippen LogP contribution in [0.5, 0.6) is 0 Å². The fraction of sp³-hybridized carbons (Fsp3) is 0.0625. The first-order chi connectivity index (χ1) is 11.1. The second-order valence-corrected chi connectivity index (χ2v) is 6.24. The third-order valence-corrected chi connectivity index (χ3v) is 3.82. The molecular weight excluding hydrogens is 378 g/mol. The highest BCUT2D eigenvalue weighted by Crippen LogP contribution is 2.23. The van der Waals surface area contributed by atoms with Crippen LogP contribution in [-0.4, -0.2) is 15.2 Å². The van der Waals surface area contributed by atoms with E-state index in [0.717, 1.165) is 21.4 Å². The lowest BCUT2D eigenvalue weighted by Gasteiger charge is -2.10. The molecule has 0 spiro atoms. The van der Waals surface area contributed by atoms with Crippen LogP contribution in [0.3, 0.4) is 0 Å². The van der Waals surface area contributed by atoms with Gasteiger partial charge in [-0.3, -0.25) is 0 Å². The Labute approximate surface area is 147 Å². The Bertz CT molecular complexity index is 840. The van der Waals surface area contributed by atoms with Gasteiger partial charge in [0.05, 0.1) is 6.20 Å². The Morgan fingerprint density at radius 3 is 2.74 bits per heavy atom. The molecule has 1 aromatic heterocycles. The number of hydrogen-bond acceptors (Lipinski definition) is 5. The monoisotopic (exact) mass is 389 g/mol. The van der Waals surface area contributed by atoms with E-state index in [1.54, 1.807) is 18.3 Å². The fourth-order valence-electron chi connectivity index (χ4n) is 2.02. The average Bonchev–Trinajstić information content (AvgIpc) is 2.51. The van der Waals surface area contributed by atoms with Crippen LogP contribution in [0.25, 0.3) is 0 Å². The molecule has 0 saturated heterocycles. The van der Waals surface area contributed by atoms with Gasteiger partial charge >= 0.3 is 0 Å². The Morgan fingerprint density at radius 1 is 1.09 bits per heavy atom. The van der Waals surface area contributed by atoms with E-state index in [4.69, 9.17) is 11.6 Å². The Morgan fingerprint density at radius 2 is 1.96 bits per heavy atom. The SMILES string of the molecule is Cc1cc(Br)ccc1Nc1cnnc(Nc2cccc(Cl)c2)n1. The van der Waals surface area contributed by atoms with Crippen molar-refractivity contribution in [2.45, 2.75) is 6.92 Å². The number of halogens is 2. The Hall–Kier alpha value is -2.18. The molecule has 0 aliphatic carbocycles. The van der Waals surface area contributed by atoms with Crippen molar-refractivity contribution in [1.82, 2.24) is 15.2 Å². The van der Waals surface area contributed by atoms with Crippen LogP contribution in [0.1, 0.15) is 5.56 Å². The van der Waals surface area contributed by atoms with Crippen LogP contribution in [0.15, 0.2) is 53.1 Å². The summed E-state index contributed by atoms with van der Waals surface area (Å²) in [6.45, 7) is 2.02. The van der Waals surface area contributed by atoms with Gasteiger partial charge in [0.1, 0.15) is 0 Å². The van der Waals surface area contributed by atoms with Crippen LogP contribution in [0.4, 0.5) is 23.1 Å². The minimum absolute atomic E-state index is 0.395. The molecule has 0 radical (unpaired) electrons. The number of anilines is 4. The number of hydrogen-bond donors (Lipinski definition) is 2. The van der Waals surface area contributed by atoms with Gasteiger partial charge in [0.15, 0.2) is 5.82 Å². The van der Waals surface area contributed by atoms with Crippen LogP contribution in [-0.2, 0) is 0 Å². The highest BCUT2D eigenvalue weighted by Gasteiger charge is 2.04. The third-order valence-electron chi connectivity index (χ3n) is 3.09. The molecule has 7 heteroatoms. The topological polar surface area (TPSA) is 62.7 Å². The molecule has 1 heterocycles. The van der Waals surface area contributed by atoms with Crippen LogP contribution < -0.4 is 10.6 Å². The predicted octanol–water partition coefficient (Wildman–Crippen LogP) is 5.08. The quantitative estimate of drug-likeness (QED) is 0.650. The molecule has 0 amide bonds. The molecule has 0 unspecified atom stereocenters. The number of nitrogens with one attached hydrogen (secondary N) is 2. The Balaban J connectivity index is 1.79. The van der Waals surface area contributed by atoms with Gasteiger partial charge in [0, 0.05) is 20.9 Å². The van der Waals surface area contributed by atoms with Gasteiger partial charge in [0.25, 0.3) is 0 Å². The predicted molar refractivity (Wildman–Crippen MR) is 96.7 cm³/mol. The zero-order valence-electron chi connectivity index (χ0n) is 12.2. The summed E-state index contributed by atoms with van der Waals surface area (Å²) in [5.41, 5.74) is 2.86. The lowest BCUT2D eigenvalue weighted by molar-refractivity contribution is 0.982. The number of rotatable bonds is 4. The lowest BCUT2D eigenvalue weighted by atomic mass is 10.2. The molecule has 0 atom stereocenters. The maximum Gasteiger partial charge on any atom is 0.249 e. The molecule has 116 valence electrons. The summed E-state index contributed by atoms with van der Waals surface area (Å²) in [5, 5.41) is 14.9. The number of aryl methyl sites for hydroxylation is 1. The van der Waals surface area contributed by atoms with Crippen molar-refractivity contribution in [2.24, 2.45) is 0 Å². The highest BCUT2D eigenvalue weighted by molar-refractivity contribution is 9.10. The molecule has 3 rings (SSSR count). The first-order valence-electron chi connectivity index (χ1n) is 6.86. The Kier molecular flexibility index (Phi) is 4.73. The largest absolute Gasteiger partial charge is 0.339 e. The highest BCUT2D eigenvalue weighted by atomic mass is 79.9. The molecule has 5 nitrogen and oxygen atoms in total. The van der Waals surface area contributed by atoms with Crippen LogP contribution in [0.2, 0.25) is 5.02 Å². The van der Waals surface area contributed by atoms with Crippen molar-refractivity contribution in [3.8, 4) is 0 Å². The van der Waals surface area contributed by atoms with E-state index in [-0.39, 0.29) is 0 Å². The molecule has 0 bridgehead atoms. The molecule has 0 aliphatic heterocycles. The second-order valence-electron chi connectivity index (χ2n) is 4.88. The van der Waals surface area contributed by atoms with Crippen molar-refractivity contribution in [2.75, 3.05) is 10.6 Å². The normalized spacial score (nSPS) is 10.4. The van der Waals surface area contributed by atoms with Gasteiger partial charge in [-0.2, -0.15) is 10.1 Å². The van der Waals surface area contributed by atoms with Crippen molar-refractivity contribution in [3.05, 3.63) is 63.7 Å². The van der Waals surface area contributed by atoms with Crippen molar-refractivity contribution >= 4 is 50.7 Å². The molecular formula is C16H13BrClN5. The fourth-order valence-corrected chi connectivity index (χ4v) is 2.68. The van der Waals surface area contributed by atoms with Gasteiger partial charge in [-0.1, -0.05) is 33.6 Å². The first kappa shape index (κ1) is 15.7. The summed E-state index contributed by atoms with van der Waals surface area (Å²) in [6.07, 6.45) is 1.57. The average molecular weight is 391 g/mol. The van der Waals surface area contributed by atoms with Crippen molar-refractivity contribution in [3.63, 3.8) is 0 Å². The summed E-state index contributed by atoms with van der Waals surface area (Å²) in [4.78, 5) is 4.41. The summed E-state index contributed by atoms with van der Waals surface area (Å²) < 4.78 is 1.03. The molecule has 0 fully saturated rings. The third kappa shape index (κ3) is 4.18. The zero-order valence-corrected chi connectivity index (χ0v) is 14.6. The van der Waals surface area contributed by atoms with Gasteiger partial charge in [0.2, 0.25) is 5.95 Å². The molecule has 0 aliphatic rings. The molecule has 2 aromatic carbocycles. The van der Waals surface area contributed by atoms with E-state index in [9.17, 15) is 0 Å².